The van der Waals surface area contributed by atoms with E-state index in [9.17, 15) is 14.3 Å². The number of ether oxygens (including phenoxy) is 2. The van der Waals surface area contributed by atoms with Crippen molar-refractivity contribution in [1.29, 1.82) is 0 Å². The van der Waals surface area contributed by atoms with Crippen LogP contribution >= 0.6 is 0 Å². The molecule has 1 amide bonds. The second kappa shape index (κ2) is 9.72. The molecule has 1 aliphatic heterocycles. The number of benzene rings is 1. The Bertz CT molecular complexity index is 768. The number of methoxy groups -OCH3 is 1. The number of amides is 1. The average molecular weight is 392 g/mol. The number of halogens is 1. The summed E-state index contributed by atoms with van der Waals surface area (Å²) in [7, 11) is 1.61. The fourth-order valence-corrected chi connectivity index (χ4v) is 3.30. The van der Waals surface area contributed by atoms with Gasteiger partial charge in [-0.05, 0) is 43.5 Å². The normalized spacial score (nSPS) is 22.2. The molecule has 1 saturated heterocycles. The first-order chi connectivity index (χ1) is 13.6. The smallest absolute Gasteiger partial charge is 0.251 e. The molecule has 1 fully saturated rings. The highest BCUT2D eigenvalue weighted by molar-refractivity contribution is 5.94. The fraction of sp³-hybridized carbons (Fsp3) is 0.526. The first-order valence-corrected chi connectivity index (χ1v) is 9.29. The summed E-state index contributed by atoms with van der Waals surface area (Å²) in [5.74, 6) is -0.700. The van der Waals surface area contributed by atoms with Crippen LogP contribution in [0.5, 0.6) is 0 Å². The Balaban J connectivity index is 1.49. The van der Waals surface area contributed by atoms with Crippen LogP contribution in [0.4, 0.5) is 4.39 Å². The van der Waals surface area contributed by atoms with E-state index in [0.717, 1.165) is 18.5 Å². The van der Waals surface area contributed by atoms with Crippen LogP contribution < -0.4 is 5.32 Å². The zero-order valence-electron chi connectivity index (χ0n) is 15.8. The number of aliphatic hydroxyl groups excluding tert-OH is 1. The maximum atomic E-state index is 13.0. The Morgan fingerprint density at radius 3 is 2.89 bits per heavy atom. The molecule has 8 nitrogen and oxygen atoms in total. The van der Waals surface area contributed by atoms with Crippen molar-refractivity contribution in [2.45, 2.75) is 50.7 Å². The Morgan fingerprint density at radius 2 is 2.18 bits per heavy atom. The molecular weight excluding hydrogens is 367 g/mol. The molecule has 1 aliphatic rings. The quantitative estimate of drug-likeness (QED) is 0.703. The van der Waals surface area contributed by atoms with Gasteiger partial charge in [-0.3, -0.25) is 9.48 Å². The molecule has 28 heavy (non-hydrogen) atoms. The molecule has 3 atom stereocenters. The van der Waals surface area contributed by atoms with Gasteiger partial charge in [0.2, 0.25) is 0 Å². The van der Waals surface area contributed by atoms with Crippen LogP contribution in [0, 0.1) is 5.82 Å². The largest absolute Gasteiger partial charge is 0.394 e. The number of nitrogens with one attached hydrogen (secondary N) is 1. The Hall–Kier alpha value is -2.36. The number of hydrogen-bond acceptors (Lipinski definition) is 6. The molecule has 0 saturated carbocycles. The van der Waals surface area contributed by atoms with Crippen molar-refractivity contribution in [2.75, 3.05) is 13.7 Å². The molecule has 0 spiro atoms. The molecule has 2 aromatic rings. The third-order valence-electron chi connectivity index (χ3n) is 4.78. The molecule has 0 unspecified atom stereocenters. The summed E-state index contributed by atoms with van der Waals surface area (Å²) in [5.41, 5.74) is 1.14. The van der Waals surface area contributed by atoms with Crippen LogP contribution in [0.3, 0.4) is 0 Å². The molecule has 3 rings (SSSR count). The number of aryl methyl sites for hydroxylation is 1. The fourth-order valence-electron chi connectivity index (χ4n) is 3.30. The van der Waals surface area contributed by atoms with Crippen molar-refractivity contribution in [1.82, 2.24) is 20.3 Å². The molecular formula is C19H25FN4O4. The lowest BCUT2D eigenvalue weighted by molar-refractivity contribution is -0.0912. The molecule has 2 N–H and O–H groups in total. The molecule has 9 heteroatoms. The van der Waals surface area contributed by atoms with Gasteiger partial charge < -0.3 is 19.9 Å². The number of carbonyl (C=O) groups excluding carboxylic acids is 1. The molecule has 0 bridgehead atoms. The van der Waals surface area contributed by atoms with E-state index in [4.69, 9.17) is 9.47 Å². The van der Waals surface area contributed by atoms with Gasteiger partial charge in [-0.2, -0.15) is 0 Å². The van der Waals surface area contributed by atoms with Crippen molar-refractivity contribution < 1.29 is 23.8 Å². The van der Waals surface area contributed by atoms with Crippen molar-refractivity contribution >= 4 is 5.91 Å². The summed E-state index contributed by atoms with van der Waals surface area (Å²) in [6, 6.07) is 5.06. The van der Waals surface area contributed by atoms with Crippen LogP contribution in [-0.2, 0) is 22.6 Å². The van der Waals surface area contributed by atoms with Gasteiger partial charge in [-0.15, -0.1) is 5.10 Å². The lowest BCUT2D eigenvalue weighted by Crippen LogP contribution is -2.51. The van der Waals surface area contributed by atoms with Gasteiger partial charge in [0.25, 0.3) is 5.91 Å². The third-order valence-corrected chi connectivity index (χ3v) is 4.78. The monoisotopic (exact) mass is 392 g/mol. The highest BCUT2D eigenvalue weighted by Gasteiger charge is 2.32. The summed E-state index contributed by atoms with van der Waals surface area (Å²) >= 11 is 0. The van der Waals surface area contributed by atoms with Crippen molar-refractivity contribution in [2.24, 2.45) is 0 Å². The van der Waals surface area contributed by atoms with E-state index in [1.807, 2.05) is 6.20 Å². The number of hydrogen-bond donors (Lipinski definition) is 2. The number of carbonyl (C=O) groups is 1. The van der Waals surface area contributed by atoms with Crippen LogP contribution in [0.1, 0.15) is 35.3 Å². The Kier molecular flexibility index (Phi) is 7.07. The van der Waals surface area contributed by atoms with E-state index >= 15 is 0 Å². The number of aliphatic hydroxyl groups is 1. The summed E-state index contributed by atoms with van der Waals surface area (Å²) in [4.78, 5) is 12.3. The van der Waals surface area contributed by atoms with Crippen LogP contribution in [-0.4, -0.2) is 58.0 Å². The molecule has 0 aliphatic carbocycles. The first kappa shape index (κ1) is 20.4. The van der Waals surface area contributed by atoms with Gasteiger partial charge >= 0.3 is 0 Å². The number of rotatable bonds is 8. The van der Waals surface area contributed by atoms with E-state index in [-0.39, 0.29) is 24.7 Å². The molecule has 1 aromatic carbocycles. The third kappa shape index (κ3) is 5.34. The zero-order chi connectivity index (χ0) is 19.9. The lowest BCUT2D eigenvalue weighted by Gasteiger charge is -2.36. The lowest BCUT2D eigenvalue weighted by atomic mass is 9.96. The minimum absolute atomic E-state index is 0.0359. The highest BCUT2D eigenvalue weighted by Crippen LogP contribution is 2.22. The maximum Gasteiger partial charge on any atom is 0.251 e. The van der Waals surface area contributed by atoms with E-state index in [2.05, 4.69) is 15.6 Å². The predicted molar refractivity (Wildman–Crippen MR) is 98.0 cm³/mol. The minimum atomic E-state index is -0.483. The predicted octanol–water partition coefficient (Wildman–Crippen LogP) is 1.29. The van der Waals surface area contributed by atoms with E-state index in [1.54, 1.807) is 11.8 Å². The maximum absolute atomic E-state index is 13.0. The second-order valence-electron chi connectivity index (χ2n) is 6.84. The number of aromatic nitrogens is 3. The summed E-state index contributed by atoms with van der Waals surface area (Å²) < 4.78 is 25.7. The number of nitrogens with zero attached hydrogens (tertiary/aromatic N) is 3. The van der Waals surface area contributed by atoms with Gasteiger partial charge in [0.15, 0.2) is 0 Å². The van der Waals surface area contributed by atoms with Gasteiger partial charge in [0.1, 0.15) is 17.6 Å². The Labute approximate surface area is 162 Å². The molecule has 2 heterocycles. The summed E-state index contributed by atoms with van der Waals surface area (Å²) in [6.45, 7) is 0.875. The molecule has 1 aromatic heterocycles. The highest BCUT2D eigenvalue weighted by atomic mass is 19.1. The molecule has 152 valence electrons. The van der Waals surface area contributed by atoms with Crippen LogP contribution in [0.15, 0.2) is 30.5 Å². The van der Waals surface area contributed by atoms with Gasteiger partial charge in [0.05, 0.1) is 31.6 Å². The topological polar surface area (TPSA) is 98.5 Å². The van der Waals surface area contributed by atoms with Crippen LogP contribution in [0.25, 0.3) is 0 Å². The zero-order valence-corrected chi connectivity index (χ0v) is 15.8. The van der Waals surface area contributed by atoms with Crippen molar-refractivity contribution in [3.63, 3.8) is 0 Å². The first-order valence-electron chi connectivity index (χ1n) is 9.29. The average Bonchev–Trinajstić information content (AvgIpc) is 3.15. The Morgan fingerprint density at radius 1 is 1.39 bits per heavy atom. The second-order valence-corrected chi connectivity index (χ2v) is 6.84. The van der Waals surface area contributed by atoms with Crippen LogP contribution in [0.2, 0.25) is 0 Å². The van der Waals surface area contributed by atoms with Gasteiger partial charge in [-0.1, -0.05) is 5.21 Å². The summed E-state index contributed by atoms with van der Waals surface area (Å²) in [6.07, 6.45) is 3.49. The molecule has 0 radical (unpaired) electrons. The van der Waals surface area contributed by atoms with Gasteiger partial charge in [0, 0.05) is 19.2 Å². The van der Waals surface area contributed by atoms with Crippen molar-refractivity contribution in [3.05, 3.63) is 47.5 Å². The van der Waals surface area contributed by atoms with Crippen molar-refractivity contribution in [3.8, 4) is 0 Å². The standard InChI is InChI=1S/C19H25FN4O4/c1-27-12-15-10-24(23-22-15)9-8-16-6-7-17(18(11-25)28-16)21-19(26)13-2-4-14(20)5-3-13/h2-5,10,16-18,25H,6-9,11-12H2,1H3,(H,21,26)/t16-,17-,18+/m0/s1. The van der Waals surface area contributed by atoms with E-state index in [0.29, 0.717) is 25.1 Å². The van der Waals surface area contributed by atoms with E-state index < -0.39 is 11.9 Å². The minimum Gasteiger partial charge on any atom is -0.394 e. The SMILES string of the molecule is COCc1cn(CC[C@@H]2CC[C@H](NC(=O)c3ccc(F)cc3)[C@@H](CO)O2)nn1. The summed E-state index contributed by atoms with van der Waals surface area (Å²) in [5, 5.41) is 20.6. The van der Waals surface area contributed by atoms with E-state index in [1.165, 1.54) is 24.3 Å². The van der Waals surface area contributed by atoms with Gasteiger partial charge in [-0.25, -0.2) is 4.39 Å².